The summed E-state index contributed by atoms with van der Waals surface area (Å²) in [6, 6.07) is 15.2. The lowest BCUT2D eigenvalue weighted by Crippen LogP contribution is -2.28. The van der Waals surface area contributed by atoms with E-state index in [0.717, 1.165) is 22.3 Å². The maximum absolute atomic E-state index is 13.4. The molecule has 0 aliphatic rings. The van der Waals surface area contributed by atoms with Gasteiger partial charge < -0.3 is 14.8 Å². The third kappa shape index (κ3) is 5.34. The number of nitrogens with one attached hydrogen (secondary N) is 1. The second kappa shape index (κ2) is 11.2. The molecule has 0 aliphatic carbocycles. The lowest BCUT2D eigenvalue weighted by atomic mass is 10.0. The van der Waals surface area contributed by atoms with Crippen molar-refractivity contribution in [2.24, 2.45) is 0 Å². The number of esters is 1. The molecule has 1 N–H and O–H groups in total. The van der Waals surface area contributed by atoms with Gasteiger partial charge in [-0.3, -0.25) is 14.2 Å². The Morgan fingerprint density at radius 1 is 0.974 bits per heavy atom. The molecule has 0 saturated carbocycles. The Morgan fingerprint density at radius 2 is 1.64 bits per heavy atom. The van der Waals surface area contributed by atoms with E-state index in [-0.39, 0.29) is 18.7 Å². The van der Waals surface area contributed by atoms with Gasteiger partial charge in [0.25, 0.3) is 5.56 Å². The first-order valence-corrected chi connectivity index (χ1v) is 13.9. The van der Waals surface area contributed by atoms with Gasteiger partial charge in [-0.05, 0) is 37.1 Å². The number of fused-ring (bicyclic) bond motifs is 1. The third-order valence-electron chi connectivity index (χ3n) is 6.16. The highest BCUT2D eigenvalue weighted by Gasteiger charge is 2.23. The van der Waals surface area contributed by atoms with Crippen LogP contribution in [0.15, 0.2) is 70.4 Å². The van der Waals surface area contributed by atoms with Crippen molar-refractivity contribution in [3.05, 3.63) is 87.1 Å². The molecule has 0 unspecified atom stereocenters. The summed E-state index contributed by atoms with van der Waals surface area (Å²) in [6.07, 6.45) is 1.37. The largest absolute Gasteiger partial charge is 0.497 e. The van der Waals surface area contributed by atoms with Crippen LogP contribution in [0.2, 0.25) is 0 Å². The molecule has 0 bridgehead atoms. The number of carbonyl (C=O) groups excluding carboxylic acids is 2. The molecule has 5 rings (SSSR count). The van der Waals surface area contributed by atoms with Gasteiger partial charge in [-0.25, -0.2) is 9.78 Å². The summed E-state index contributed by atoms with van der Waals surface area (Å²) in [5, 5.41) is 7.33. The molecule has 10 heteroatoms. The summed E-state index contributed by atoms with van der Waals surface area (Å²) in [5.41, 5.74) is 4.18. The van der Waals surface area contributed by atoms with Gasteiger partial charge in [-0.15, -0.1) is 22.7 Å². The van der Waals surface area contributed by atoms with Crippen molar-refractivity contribution in [2.75, 3.05) is 19.0 Å². The summed E-state index contributed by atoms with van der Waals surface area (Å²) in [6.45, 7) is 3.65. The molecule has 0 atom stereocenters. The molecule has 3 aromatic heterocycles. The summed E-state index contributed by atoms with van der Waals surface area (Å²) < 4.78 is 11.8. The molecular weight excluding hydrogens is 534 g/mol. The van der Waals surface area contributed by atoms with Crippen molar-refractivity contribution in [2.45, 2.75) is 20.4 Å². The maximum Gasteiger partial charge on any atom is 0.341 e. The monoisotopic (exact) mass is 559 g/mol. The second-order valence-corrected chi connectivity index (χ2v) is 10.5. The first-order valence-electron chi connectivity index (χ1n) is 12.2. The number of methoxy groups -OCH3 is 1. The van der Waals surface area contributed by atoms with Crippen LogP contribution in [0.4, 0.5) is 5.00 Å². The molecule has 2 aromatic carbocycles. The lowest BCUT2D eigenvalue weighted by molar-refractivity contribution is -0.116. The number of aromatic nitrogens is 2. The minimum Gasteiger partial charge on any atom is -0.497 e. The normalized spacial score (nSPS) is 10.9. The Labute approximate surface area is 232 Å². The van der Waals surface area contributed by atoms with Crippen LogP contribution in [0.3, 0.4) is 0 Å². The molecule has 0 radical (unpaired) electrons. The number of benzene rings is 2. The predicted molar refractivity (Wildman–Crippen MR) is 155 cm³/mol. The molecule has 0 saturated heterocycles. The highest BCUT2D eigenvalue weighted by molar-refractivity contribution is 7.17. The molecule has 198 valence electrons. The Bertz CT molecular complexity index is 1720. The number of nitrogens with zero attached hydrogens (tertiary/aromatic N) is 2. The minimum absolute atomic E-state index is 0.202. The van der Waals surface area contributed by atoms with Crippen LogP contribution in [0.25, 0.3) is 32.5 Å². The van der Waals surface area contributed by atoms with E-state index in [1.807, 2.05) is 66.2 Å². The van der Waals surface area contributed by atoms with Crippen LogP contribution in [0.5, 0.6) is 5.75 Å². The Kier molecular flexibility index (Phi) is 7.58. The van der Waals surface area contributed by atoms with Crippen molar-refractivity contribution in [3.8, 4) is 28.0 Å². The number of ether oxygens (including phenoxy) is 2. The number of hydrogen-bond acceptors (Lipinski definition) is 8. The van der Waals surface area contributed by atoms with Crippen LogP contribution in [-0.2, 0) is 16.1 Å². The number of hydrogen-bond donors (Lipinski definition) is 1. The molecule has 0 fully saturated rings. The van der Waals surface area contributed by atoms with E-state index in [4.69, 9.17) is 9.47 Å². The number of thiophene rings is 2. The first-order chi connectivity index (χ1) is 18.9. The molecule has 39 heavy (non-hydrogen) atoms. The first kappa shape index (κ1) is 26.3. The summed E-state index contributed by atoms with van der Waals surface area (Å²) in [5.74, 6) is -0.263. The van der Waals surface area contributed by atoms with Crippen LogP contribution in [0, 0.1) is 6.92 Å². The quantitative estimate of drug-likeness (QED) is 0.235. The number of aryl methyl sites for hydroxylation is 1. The molecule has 0 aliphatic heterocycles. The Morgan fingerprint density at radius 3 is 2.33 bits per heavy atom. The van der Waals surface area contributed by atoms with Gasteiger partial charge in [0.2, 0.25) is 5.91 Å². The van der Waals surface area contributed by atoms with Gasteiger partial charge in [0.15, 0.2) is 0 Å². The van der Waals surface area contributed by atoms with Crippen molar-refractivity contribution >= 4 is 49.8 Å². The zero-order valence-corrected chi connectivity index (χ0v) is 23.2. The van der Waals surface area contributed by atoms with Crippen molar-refractivity contribution in [1.82, 2.24) is 9.55 Å². The van der Waals surface area contributed by atoms with E-state index < -0.39 is 11.9 Å². The van der Waals surface area contributed by atoms with E-state index in [9.17, 15) is 14.4 Å². The zero-order valence-electron chi connectivity index (χ0n) is 21.5. The SMILES string of the molecule is CCOC(=O)c1c(-c2ccc(C)cc2)csc1NC(=O)Cn1cnc2scc(-c3ccc(OC)cc3)c2c1=O. The van der Waals surface area contributed by atoms with E-state index in [1.165, 1.54) is 33.6 Å². The fraction of sp³-hybridized carbons (Fsp3) is 0.172. The van der Waals surface area contributed by atoms with Crippen LogP contribution in [-0.4, -0.2) is 35.1 Å². The van der Waals surface area contributed by atoms with Gasteiger partial charge in [0.1, 0.15) is 27.7 Å². The van der Waals surface area contributed by atoms with Crippen molar-refractivity contribution in [3.63, 3.8) is 0 Å². The average molecular weight is 560 g/mol. The molecule has 1 amide bonds. The van der Waals surface area contributed by atoms with Gasteiger partial charge in [0.05, 0.1) is 25.4 Å². The number of anilines is 1. The van der Waals surface area contributed by atoms with Gasteiger partial charge >= 0.3 is 5.97 Å². The highest BCUT2D eigenvalue weighted by Crippen LogP contribution is 2.36. The lowest BCUT2D eigenvalue weighted by Gasteiger charge is -2.10. The van der Waals surface area contributed by atoms with Gasteiger partial charge in [-0.1, -0.05) is 42.0 Å². The second-order valence-electron chi connectivity index (χ2n) is 8.72. The molecular formula is C29H25N3O5S2. The van der Waals surface area contributed by atoms with E-state index >= 15 is 0 Å². The third-order valence-corrected chi connectivity index (χ3v) is 7.94. The summed E-state index contributed by atoms with van der Waals surface area (Å²) in [4.78, 5) is 44.4. The number of rotatable bonds is 8. The van der Waals surface area contributed by atoms with E-state index in [1.54, 1.807) is 14.0 Å². The maximum atomic E-state index is 13.4. The zero-order chi connectivity index (χ0) is 27.5. The Hall–Kier alpha value is -4.28. The van der Waals surface area contributed by atoms with Crippen LogP contribution >= 0.6 is 22.7 Å². The molecule has 3 heterocycles. The van der Waals surface area contributed by atoms with Gasteiger partial charge in [-0.2, -0.15) is 0 Å². The fourth-order valence-corrected chi connectivity index (χ4v) is 6.07. The van der Waals surface area contributed by atoms with Gasteiger partial charge in [0, 0.05) is 21.9 Å². The smallest absolute Gasteiger partial charge is 0.341 e. The predicted octanol–water partition coefficient (Wildman–Crippen LogP) is 5.99. The molecule has 5 aromatic rings. The fourth-order valence-electron chi connectivity index (χ4n) is 4.19. The summed E-state index contributed by atoms with van der Waals surface area (Å²) >= 11 is 2.60. The minimum atomic E-state index is -0.521. The van der Waals surface area contributed by atoms with Crippen LogP contribution < -0.4 is 15.6 Å². The van der Waals surface area contributed by atoms with Crippen molar-refractivity contribution < 1.29 is 19.1 Å². The average Bonchev–Trinajstić information content (AvgIpc) is 3.56. The topological polar surface area (TPSA) is 99.5 Å². The van der Waals surface area contributed by atoms with Crippen molar-refractivity contribution in [1.29, 1.82) is 0 Å². The molecule has 8 nitrogen and oxygen atoms in total. The van der Waals surface area contributed by atoms with E-state index in [2.05, 4.69) is 10.3 Å². The standard InChI is InChI=1S/C29H25N3O5S2/c1-4-37-29(35)25-22(18-7-5-17(2)6-8-18)15-39-27(25)31-23(33)13-32-16-30-26-24(28(32)34)21(14-38-26)19-9-11-20(36-3)12-10-19/h5-12,14-16H,4,13H2,1-3H3,(H,31,33). The number of carbonyl (C=O) groups is 2. The Balaban J connectivity index is 1.44. The van der Waals surface area contributed by atoms with Crippen LogP contribution in [0.1, 0.15) is 22.8 Å². The summed E-state index contributed by atoms with van der Waals surface area (Å²) in [7, 11) is 1.60. The highest BCUT2D eigenvalue weighted by atomic mass is 32.1. The number of amides is 1. The van der Waals surface area contributed by atoms with E-state index in [0.29, 0.717) is 32.1 Å². The molecule has 0 spiro atoms.